The molecule has 1 fully saturated rings. The number of hydrogen-bond donors (Lipinski definition) is 2. The van der Waals surface area contributed by atoms with E-state index in [0.29, 0.717) is 27.0 Å². The number of halogens is 6. The molecule has 3 aromatic heterocycles. The molecule has 0 bridgehead atoms. The highest BCUT2D eigenvalue weighted by Gasteiger charge is 2.45. The van der Waals surface area contributed by atoms with Crippen molar-refractivity contribution in [2.24, 2.45) is 0 Å². The molecule has 5 aromatic rings. The Morgan fingerprint density at radius 3 is 2.43 bits per heavy atom. The topological polar surface area (TPSA) is 106 Å². The molecule has 1 aliphatic heterocycles. The highest BCUT2D eigenvalue weighted by Crippen LogP contribution is 2.33. The van der Waals surface area contributed by atoms with E-state index in [1.54, 1.807) is 42.5 Å². The molecule has 244 valence electrons. The van der Waals surface area contributed by atoms with Crippen LogP contribution in [0, 0.1) is 0 Å². The van der Waals surface area contributed by atoms with Crippen molar-refractivity contribution in [1.82, 2.24) is 19.4 Å². The third-order valence-corrected chi connectivity index (χ3v) is 8.42. The van der Waals surface area contributed by atoms with Crippen LogP contribution in [0.25, 0.3) is 26.4 Å². The van der Waals surface area contributed by atoms with Gasteiger partial charge in [0.1, 0.15) is 25.7 Å². The number of carbonyl (C=O) groups is 1. The summed E-state index contributed by atoms with van der Waals surface area (Å²) in [5.74, 6) is 0.338. The number of carbonyl (C=O) groups excluding carboxylic acids is 1. The summed E-state index contributed by atoms with van der Waals surface area (Å²) in [6.45, 7) is -1.21. The van der Waals surface area contributed by atoms with Crippen LogP contribution < -0.4 is 15.4 Å². The Morgan fingerprint density at radius 1 is 1.02 bits per heavy atom. The first-order valence-corrected chi connectivity index (χ1v) is 14.7. The fraction of sp³-hybridized carbons (Fsp3) is 0.345. The number of fused-ring (bicyclic) bond motifs is 3. The van der Waals surface area contributed by atoms with Crippen LogP contribution in [0.2, 0.25) is 0 Å². The maximum absolute atomic E-state index is 13.9. The van der Waals surface area contributed by atoms with Gasteiger partial charge in [-0.15, -0.1) is 0 Å². The number of urea groups is 1. The zero-order valence-corrected chi connectivity index (χ0v) is 24.7. The van der Waals surface area contributed by atoms with Crippen molar-refractivity contribution in [3.05, 3.63) is 60.4 Å². The average Bonchev–Trinajstić information content (AvgIpc) is 3.77. The summed E-state index contributed by atoms with van der Waals surface area (Å²) in [4.78, 5) is 18.1. The summed E-state index contributed by atoms with van der Waals surface area (Å²) >= 11 is 1.38. The predicted octanol–water partition coefficient (Wildman–Crippen LogP) is 6.94. The van der Waals surface area contributed by atoms with Crippen LogP contribution in [0.15, 0.2) is 59.3 Å². The molecule has 10 nitrogen and oxygen atoms in total. The Hall–Kier alpha value is -4.35. The number of imidazole rings is 1. The minimum Gasteiger partial charge on any atom is -0.492 e. The molecule has 4 heterocycles. The van der Waals surface area contributed by atoms with Gasteiger partial charge in [0.2, 0.25) is 31.2 Å². The van der Waals surface area contributed by atoms with Crippen molar-refractivity contribution in [3.63, 3.8) is 0 Å². The first-order valence-electron chi connectivity index (χ1n) is 13.9. The number of rotatable bonds is 10. The van der Waals surface area contributed by atoms with E-state index in [1.165, 1.54) is 24.3 Å². The fourth-order valence-electron chi connectivity index (χ4n) is 4.71. The van der Waals surface area contributed by atoms with Gasteiger partial charge >= 0.3 is 6.03 Å². The van der Waals surface area contributed by atoms with Gasteiger partial charge in [-0.05, 0) is 37.3 Å². The molecular weight excluding hydrogens is 642 g/mol. The molecule has 0 aliphatic carbocycles. The van der Waals surface area contributed by atoms with Crippen LogP contribution in [-0.4, -0.2) is 77.3 Å². The smallest absolute Gasteiger partial charge is 0.326 e. The average molecular weight is 669 g/mol. The van der Waals surface area contributed by atoms with Crippen molar-refractivity contribution in [3.8, 4) is 17.0 Å². The summed E-state index contributed by atoms with van der Waals surface area (Å²) in [6, 6.07) is 12.7. The molecule has 0 spiro atoms. The molecule has 4 unspecified atom stereocenters. The molecule has 0 saturated carbocycles. The first-order chi connectivity index (χ1) is 22.1. The molecule has 1 saturated heterocycles. The van der Waals surface area contributed by atoms with Gasteiger partial charge in [-0.25, -0.2) is 41.0 Å². The molecule has 2 aromatic carbocycles. The molecule has 46 heavy (non-hydrogen) atoms. The van der Waals surface area contributed by atoms with Gasteiger partial charge in [0.25, 0.3) is 0 Å². The molecule has 2 N–H and O–H groups in total. The van der Waals surface area contributed by atoms with Gasteiger partial charge in [-0.2, -0.15) is 0 Å². The number of aromatic nitrogens is 3. The standard InChI is InChI=1S/C29H26F6N6O4S/c1-29(13-30,14-31)21-11-22(45-39-21)38-27(42)36-16-4-2-15(3-5-16)18-12-41-19-7-6-17(10-20(19)46-28(41)37-18)43-9-8-40-23(32)25(34)44-26(35)24(40)33/h2-7,10-12,23-26H,8-9,13-14H2,1H3,(H2,36,38,42). The lowest BCUT2D eigenvalue weighted by Crippen LogP contribution is -2.56. The van der Waals surface area contributed by atoms with Crippen molar-refractivity contribution in [2.45, 2.75) is 37.6 Å². The van der Waals surface area contributed by atoms with Crippen LogP contribution in [-0.2, 0) is 10.2 Å². The SMILES string of the molecule is CC(CF)(CF)c1cc(NC(=O)Nc2ccc(-c3cn4c(n3)sc3cc(OCCN5C(F)C(F)OC(F)C5F)ccc34)cc2)on1. The van der Waals surface area contributed by atoms with Crippen molar-refractivity contribution < 1.29 is 45.1 Å². The molecule has 6 rings (SSSR count). The lowest BCUT2D eigenvalue weighted by Gasteiger charge is -2.36. The second-order valence-corrected chi connectivity index (χ2v) is 11.8. The van der Waals surface area contributed by atoms with Crippen LogP contribution in [0.5, 0.6) is 5.75 Å². The van der Waals surface area contributed by atoms with Crippen molar-refractivity contribution >= 4 is 44.1 Å². The summed E-state index contributed by atoms with van der Waals surface area (Å²) in [6.07, 6.45) is -8.24. The van der Waals surface area contributed by atoms with E-state index in [4.69, 9.17) is 9.26 Å². The Kier molecular flexibility index (Phi) is 8.80. The number of benzene rings is 2. The second kappa shape index (κ2) is 12.8. The number of hydrogen-bond acceptors (Lipinski definition) is 8. The Bertz CT molecular complexity index is 1820. The van der Waals surface area contributed by atoms with Gasteiger partial charge in [0, 0.05) is 30.1 Å². The highest BCUT2D eigenvalue weighted by molar-refractivity contribution is 7.23. The van der Waals surface area contributed by atoms with E-state index in [9.17, 15) is 31.1 Å². The van der Waals surface area contributed by atoms with Gasteiger partial charge in [-0.1, -0.05) is 28.6 Å². The normalized spacial score (nSPS) is 20.8. The summed E-state index contributed by atoms with van der Waals surface area (Å²) in [5.41, 5.74) is 1.33. The van der Waals surface area contributed by atoms with E-state index in [2.05, 4.69) is 25.5 Å². The van der Waals surface area contributed by atoms with E-state index in [-0.39, 0.29) is 18.2 Å². The van der Waals surface area contributed by atoms with Crippen LogP contribution >= 0.6 is 11.3 Å². The minimum absolute atomic E-state index is 0.0463. The number of anilines is 2. The number of alkyl halides is 6. The monoisotopic (exact) mass is 668 g/mol. The highest BCUT2D eigenvalue weighted by atomic mass is 32.1. The van der Waals surface area contributed by atoms with Crippen LogP contribution in [0.3, 0.4) is 0 Å². The van der Waals surface area contributed by atoms with Crippen LogP contribution in [0.1, 0.15) is 12.6 Å². The maximum Gasteiger partial charge on any atom is 0.326 e. The van der Waals surface area contributed by atoms with Crippen LogP contribution in [0.4, 0.5) is 42.7 Å². The molecule has 2 amide bonds. The van der Waals surface area contributed by atoms with Crippen molar-refractivity contribution in [2.75, 3.05) is 37.1 Å². The summed E-state index contributed by atoms with van der Waals surface area (Å²) in [5, 5.41) is 8.72. The molecule has 4 atom stereocenters. The van der Waals surface area contributed by atoms with E-state index in [1.807, 2.05) is 10.6 Å². The van der Waals surface area contributed by atoms with Gasteiger partial charge in [0.15, 0.2) is 4.96 Å². The Balaban J connectivity index is 1.07. The zero-order chi connectivity index (χ0) is 32.6. The fourth-order valence-corrected chi connectivity index (χ4v) is 5.74. The number of amides is 2. The lowest BCUT2D eigenvalue weighted by atomic mass is 9.90. The quantitative estimate of drug-likeness (QED) is 0.123. The Morgan fingerprint density at radius 2 is 1.74 bits per heavy atom. The molecule has 1 aliphatic rings. The second-order valence-electron chi connectivity index (χ2n) is 10.7. The van der Waals surface area contributed by atoms with Gasteiger partial charge < -0.3 is 19.3 Å². The summed E-state index contributed by atoms with van der Waals surface area (Å²) in [7, 11) is 0. The van der Waals surface area contributed by atoms with E-state index in [0.717, 1.165) is 15.8 Å². The number of morpholine rings is 1. The number of nitrogens with zero attached hydrogens (tertiary/aromatic N) is 4. The molecule has 0 radical (unpaired) electrons. The zero-order valence-electron chi connectivity index (χ0n) is 23.9. The third kappa shape index (κ3) is 6.21. The van der Waals surface area contributed by atoms with E-state index >= 15 is 0 Å². The molecular formula is C29H26F6N6O4S. The minimum atomic E-state index is -2.59. The van der Waals surface area contributed by atoms with Crippen molar-refractivity contribution in [1.29, 1.82) is 0 Å². The molecule has 17 heteroatoms. The number of nitrogens with one attached hydrogen (secondary N) is 2. The Labute approximate surface area is 260 Å². The van der Waals surface area contributed by atoms with Gasteiger partial charge in [0.05, 0.1) is 27.0 Å². The maximum atomic E-state index is 13.9. The van der Waals surface area contributed by atoms with E-state index < -0.39 is 56.6 Å². The third-order valence-electron chi connectivity index (χ3n) is 7.40. The first kappa shape index (κ1) is 31.6. The largest absolute Gasteiger partial charge is 0.492 e. The number of thiazole rings is 1. The number of ether oxygens (including phenoxy) is 2. The van der Waals surface area contributed by atoms with Gasteiger partial charge in [-0.3, -0.25) is 9.72 Å². The lowest BCUT2D eigenvalue weighted by molar-refractivity contribution is -0.292. The summed E-state index contributed by atoms with van der Waals surface area (Å²) < 4.78 is 98.4. The predicted molar refractivity (Wildman–Crippen MR) is 157 cm³/mol.